The molecule has 0 heterocycles. The first kappa shape index (κ1) is 11.8. The van der Waals surface area contributed by atoms with Gasteiger partial charge >= 0.3 is 6.16 Å². The van der Waals surface area contributed by atoms with Gasteiger partial charge in [0, 0.05) is 5.41 Å². The van der Waals surface area contributed by atoms with Crippen molar-refractivity contribution in [2.24, 2.45) is 5.41 Å². The van der Waals surface area contributed by atoms with E-state index in [9.17, 15) is 4.79 Å². The Labute approximate surface area is 90.8 Å². The van der Waals surface area contributed by atoms with Gasteiger partial charge in [-0.1, -0.05) is 26.0 Å². The van der Waals surface area contributed by atoms with Crippen LogP contribution in [0.25, 0.3) is 0 Å². The van der Waals surface area contributed by atoms with Crippen LogP contribution in [0.3, 0.4) is 0 Å². The van der Waals surface area contributed by atoms with Crippen molar-refractivity contribution in [3.8, 4) is 0 Å². The highest BCUT2D eigenvalue weighted by Crippen LogP contribution is 2.37. The van der Waals surface area contributed by atoms with E-state index in [4.69, 9.17) is 9.47 Å². The predicted molar refractivity (Wildman–Crippen MR) is 58.3 cm³/mol. The lowest BCUT2D eigenvalue weighted by Crippen LogP contribution is -2.22. The summed E-state index contributed by atoms with van der Waals surface area (Å²) in [5.41, 5.74) is 0.852. The molecule has 0 fully saturated rings. The Morgan fingerprint density at radius 3 is 2.73 bits per heavy atom. The minimum Gasteiger partial charge on any atom is -0.434 e. The maximum atomic E-state index is 11.2. The second kappa shape index (κ2) is 4.51. The van der Waals surface area contributed by atoms with Gasteiger partial charge in [0.05, 0.1) is 6.61 Å². The lowest BCUT2D eigenvalue weighted by atomic mass is 9.81. The normalized spacial score (nSPS) is 18.9. The Morgan fingerprint density at radius 1 is 1.53 bits per heavy atom. The average molecular weight is 210 g/mol. The molecule has 15 heavy (non-hydrogen) atoms. The molecule has 84 valence electrons. The molecule has 3 heteroatoms. The van der Waals surface area contributed by atoms with Gasteiger partial charge in [0.25, 0.3) is 0 Å². The van der Waals surface area contributed by atoms with Crippen molar-refractivity contribution in [3.05, 3.63) is 23.5 Å². The van der Waals surface area contributed by atoms with Crippen LogP contribution in [-0.2, 0) is 9.47 Å². The second-order valence-electron chi connectivity index (χ2n) is 4.29. The molecule has 1 aliphatic carbocycles. The summed E-state index contributed by atoms with van der Waals surface area (Å²) in [7, 11) is 0. The largest absolute Gasteiger partial charge is 0.513 e. The summed E-state index contributed by atoms with van der Waals surface area (Å²) in [4.78, 5) is 11.2. The number of hydrogen-bond acceptors (Lipinski definition) is 3. The molecule has 0 radical (unpaired) electrons. The lowest BCUT2D eigenvalue weighted by Gasteiger charge is -2.29. The second-order valence-corrected chi connectivity index (χ2v) is 4.29. The molecule has 0 aliphatic heterocycles. The maximum Gasteiger partial charge on any atom is 0.513 e. The summed E-state index contributed by atoms with van der Waals surface area (Å²) >= 11 is 0. The van der Waals surface area contributed by atoms with Crippen LogP contribution in [-0.4, -0.2) is 12.8 Å². The molecule has 0 spiro atoms. The summed E-state index contributed by atoms with van der Waals surface area (Å²) < 4.78 is 9.99. The number of hydrogen-bond donors (Lipinski definition) is 0. The lowest BCUT2D eigenvalue weighted by molar-refractivity contribution is 0.0649. The van der Waals surface area contributed by atoms with E-state index < -0.39 is 6.16 Å². The van der Waals surface area contributed by atoms with E-state index in [1.807, 2.05) is 13.0 Å². The monoisotopic (exact) mass is 210 g/mol. The predicted octanol–water partition coefficient (Wildman–Crippen LogP) is 3.42. The van der Waals surface area contributed by atoms with Gasteiger partial charge in [-0.15, -0.1) is 0 Å². The third-order valence-corrected chi connectivity index (χ3v) is 2.42. The van der Waals surface area contributed by atoms with Crippen LogP contribution in [0.5, 0.6) is 0 Å². The van der Waals surface area contributed by atoms with Crippen LogP contribution in [0.4, 0.5) is 4.79 Å². The summed E-state index contributed by atoms with van der Waals surface area (Å²) in [6.07, 6.45) is 4.32. The van der Waals surface area contributed by atoms with Gasteiger partial charge in [0.2, 0.25) is 0 Å². The van der Waals surface area contributed by atoms with Gasteiger partial charge in [-0.2, -0.15) is 0 Å². The molecular weight excluding hydrogens is 192 g/mol. The summed E-state index contributed by atoms with van der Waals surface area (Å²) in [5.74, 6) is 0.712. The fourth-order valence-corrected chi connectivity index (χ4v) is 1.68. The highest BCUT2D eigenvalue weighted by molar-refractivity contribution is 5.62. The summed E-state index contributed by atoms with van der Waals surface area (Å²) in [6, 6.07) is 0. The summed E-state index contributed by atoms with van der Waals surface area (Å²) in [5, 5.41) is 0. The van der Waals surface area contributed by atoms with Crippen molar-refractivity contribution in [1.82, 2.24) is 0 Å². The topological polar surface area (TPSA) is 35.5 Å². The SMILES string of the molecule is CCOC(=O)OC1=C(C)C=CCC1(C)C. The van der Waals surface area contributed by atoms with Gasteiger partial charge < -0.3 is 9.47 Å². The smallest absolute Gasteiger partial charge is 0.434 e. The van der Waals surface area contributed by atoms with Crippen LogP contribution in [0.2, 0.25) is 0 Å². The molecule has 0 saturated heterocycles. The minimum absolute atomic E-state index is 0.133. The Hall–Kier alpha value is -1.25. The molecule has 1 aliphatic rings. The number of carbonyl (C=O) groups is 1. The van der Waals surface area contributed by atoms with Gasteiger partial charge in [-0.25, -0.2) is 4.79 Å². The molecule has 1 rings (SSSR count). The van der Waals surface area contributed by atoms with Crippen molar-refractivity contribution in [2.45, 2.75) is 34.1 Å². The van der Waals surface area contributed by atoms with E-state index in [1.165, 1.54) is 0 Å². The van der Waals surface area contributed by atoms with Crippen molar-refractivity contribution < 1.29 is 14.3 Å². The highest BCUT2D eigenvalue weighted by Gasteiger charge is 2.30. The van der Waals surface area contributed by atoms with Crippen LogP contribution in [0, 0.1) is 5.41 Å². The molecule has 0 saturated carbocycles. The number of rotatable bonds is 2. The van der Waals surface area contributed by atoms with Gasteiger partial charge in [-0.3, -0.25) is 0 Å². The standard InChI is InChI=1S/C12H18O3/c1-5-14-11(13)15-10-9(2)7-6-8-12(10,3)4/h6-7H,5,8H2,1-4H3. The Morgan fingerprint density at radius 2 is 2.20 bits per heavy atom. The van der Waals surface area contributed by atoms with E-state index in [0.717, 1.165) is 12.0 Å². The average Bonchev–Trinajstić information content (AvgIpc) is 2.12. The zero-order valence-corrected chi connectivity index (χ0v) is 9.79. The first-order valence-corrected chi connectivity index (χ1v) is 5.20. The van der Waals surface area contributed by atoms with E-state index in [1.54, 1.807) is 6.92 Å². The molecule has 3 nitrogen and oxygen atoms in total. The fraction of sp³-hybridized carbons (Fsp3) is 0.583. The molecule has 0 aromatic carbocycles. The van der Waals surface area contributed by atoms with E-state index in [-0.39, 0.29) is 5.41 Å². The molecular formula is C12H18O3. The number of ether oxygens (including phenoxy) is 2. The maximum absolute atomic E-state index is 11.2. The minimum atomic E-state index is -0.616. The number of allylic oxidation sites excluding steroid dienone is 4. The third-order valence-electron chi connectivity index (χ3n) is 2.42. The van der Waals surface area contributed by atoms with Crippen LogP contribution < -0.4 is 0 Å². The van der Waals surface area contributed by atoms with Crippen molar-refractivity contribution in [3.63, 3.8) is 0 Å². The molecule has 0 amide bonds. The zero-order chi connectivity index (χ0) is 11.5. The van der Waals surface area contributed by atoms with E-state index in [2.05, 4.69) is 19.9 Å². The molecule has 0 unspecified atom stereocenters. The Balaban J connectivity index is 2.81. The molecule has 0 aromatic rings. The van der Waals surface area contributed by atoms with Gasteiger partial charge in [0.15, 0.2) is 0 Å². The molecule has 0 atom stereocenters. The Bertz CT molecular complexity index is 311. The molecule has 0 bridgehead atoms. The highest BCUT2D eigenvalue weighted by atomic mass is 16.7. The molecule has 0 N–H and O–H groups in total. The fourth-order valence-electron chi connectivity index (χ4n) is 1.68. The zero-order valence-electron chi connectivity index (χ0n) is 9.79. The third kappa shape index (κ3) is 2.85. The molecule has 0 aromatic heterocycles. The van der Waals surface area contributed by atoms with Gasteiger partial charge in [0.1, 0.15) is 5.76 Å². The first-order chi connectivity index (χ1) is 6.97. The van der Waals surface area contributed by atoms with Crippen LogP contribution >= 0.6 is 0 Å². The van der Waals surface area contributed by atoms with Crippen molar-refractivity contribution >= 4 is 6.16 Å². The van der Waals surface area contributed by atoms with Crippen molar-refractivity contribution in [1.29, 1.82) is 0 Å². The number of carbonyl (C=O) groups excluding carboxylic acids is 1. The first-order valence-electron chi connectivity index (χ1n) is 5.20. The van der Waals surface area contributed by atoms with E-state index in [0.29, 0.717) is 12.4 Å². The van der Waals surface area contributed by atoms with Crippen LogP contribution in [0.1, 0.15) is 34.1 Å². The quantitative estimate of drug-likeness (QED) is 0.655. The van der Waals surface area contributed by atoms with Crippen LogP contribution in [0.15, 0.2) is 23.5 Å². The van der Waals surface area contributed by atoms with E-state index >= 15 is 0 Å². The Kier molecular flexibility index (Phi) is 3.56. The van der Waals surface area contributed by atoms with Gasteiger partial charge in [-0.05, 0) is 25.8 Å². The summed E-state index contributed by atoms with van der Waals surface area (Å²) in [6.45, 7) is 8.13. The van der Waals surface area contributed by atoms with Crippen molar-refractivity contribution in [2.75, 3.05) is 6.61 Å².